The summed E-state index contributed by atoms with van der Waals surface area (Å²) in [7, 11) is 1.58. The average molecular weight is 283 g/mol. The lowest BCUT2D eigenvalue weighted by atomic mass is 10.0. The number of carbonyl (C=O) groups excluding carboxylic acids is 1. The second-order valence-corrected chi connectivity index (χ2v) is 4.98. The third kappa shape index (κ3) is 4.17. The third-order valence-corrected chi connectivity index (χ3v) is 3.47. The first-order chi connectivity index (χ1) is 10.2. The van der Waals surface area contributed by atoms with Crippen molar-refractivity contribution >= 4 is 5.78 Å². The van der Waals surface area contributed by atoms with Crippen LogP contribution in [0.2, 0.25) is 0 Å². The van der Waals surface area contributed by atoms with E-state index in [1.54, 1.807) is 13.2 Å². The van der Waals surface area contributed by atoms with Gasteiger partial charge in [0.25, 0.3) is 0 Å². The Hall–Kier alpha value is -2.13. The monoisotopic (exact) mass is 283 g/mol. The molecule has 2 rings (SSSR count). The zero-order chi connectivity index (χ0) is 15.1. The molecule has 0 aliphatic carbocycles. The van der Waals surface area contributed by atoms with Crippen LogP contribution >= 0.6 is 0 Å². The first kappa shape index (κ1) is 15.3. The number of nitrogens with one attached hydrogen (secondary N) is 1. The summed E-state index contributed by atoms with van der Waals surface area (Å²) in [5.74, 6) is 0.680. The number of Topliss-reactive ketones (excluding diaryl/α,β-unsaturated/α-hetero) is 1. The fraction of sp³-hybridized carbons (Fsp3) is 0.278. The fourth-order valence-corrected chi connectivity index (χ4v) is 2.25. The largest absolute Gasteiger partial charge is 0.496 e. The smallest absolute Gasteiger partial charge is 0.183 e. The number of para-hydroxylation sites is 1. The van der Waals surface area contributed by atoms with Gasteiger partial charge in [-0.3, -0.25) is 4.79 Å². The molecule has 0 aromatic heterocycles. The molecular formula is C18H21NO2. The van der Waals surface area contributed by atoms with E-state index >= 15 is 0 Å². The van der Waals surface area contributed by atoms with E-state index in [0.717, 1.165) is 13.0 Å². The summed E-state index contributed by atoms with van der Waals surface area (Å²) in [6.45, 7) is 2.66. The highest BCUT2D eigenvalue weighted by Crippen LogP contribution is 2.18. The van der Waals surface area contributed by atoms with Gasteiger partial charge in [0.05, 0.1) is 18.7 Å². The molecule has 0 amide bonds. The third-order valence-electron chi connectivity index (χ3n) is 3.47. The zero-order valence-electron chi connectivity index (χ0n) is 12.5. The van der Waals surface area contributed by atoms with Gasteiger partial charge in [0.2, 0.25) is 0 Å². The van der Waals surface area contributed by atoms with E-state index in [1.165, 1.54) is 5.56 Å². The number of methoxy groups -OCH3 is 1. The lowest BCUT2D eigenvalue weighted by Gasteiger charge is -2.14. The molecule has 110 valence electrons. The number of carbonyl (C=O) groups is 1. The summed E-state index contributed by atoms with van der Waals surface area (Å²) in [6, 6.07) is 17.3. The minimum Gasteiger partial charge on any atom is -0.496 e. The van der Waals surface area contributed by atoms with Gasteiger partial charge in [-0.25, -0.2) is 0 Å². The molecule has 0 bridgehead atoms. The Labute approximate surface area is 126 Å². The van der Waals surface area contributed by atoms with Crippen molar-refractivity contribution in [1.82, 2.24) is 5.32 Å². The molecule has 0 spiro atoms. The number of rotatable bonds is 7. The van der Waals surface area contributed by atoms with Crippen molar-refractivity contribution in [2.75, 3.05) is 13.7 Å². The lowest BCUT2D eigenvalue weighted by Crippen LogP contribution is -2.35. The van der Waals surface area contributed by atoms with Crippen molar-refractivity contribution in [3.8, 4) is 5.75 Å². The van der Waals surface area contributed by atoms with Crippen LogP contribution in [0.3, 0.4) is 0 Å². The maximum atomic E-state index is 12.4. The maximum absolute atomic E-state index is 12.4. The predicted molar refractivity (Wildman–Crippen MR) is 84.9 cm³/mol. The summed E-state index contributed by atoms with van der Waals surface area (Å²) < 4.78 is 5.24. The standard InChI is InChI=1S/C18H21NO2/c1-14(19-13-12-15-8-4-3-5-9-15)18(20)16-10-6-7-11-17(16)21-2/h3-11,14,19H,12-13H2,1-2H3. The highest BCUT2D eigenvalue weighted by molar-refractivity contribution is 6.02. The number of ether oxygens (including phenoxy) is 1. The molecular weight excluding hydrogens is 262 g/mol. The molecule has 1 unspecified atom stereocenters. The van der Waals surface area contributed by atoms with E-state index in [-0.39, 0.29) is 11.8 Å². The molecule has 2 aromatic rings. The van der Waals surface area contributed by atoms with Crippen molar-refractivity contribution in [1.29, 1.82) is 0 Å². The van der Waals surface area contributed by atoms with E-state index in [1.807, 2.05) is 43.3 Å². The molecule has 2 aromatic carbocycles. The topological polar surface area (TPSA) is 38.3 Å². The van der Waals surface area contributed by atoms with Gasteiger partial charge in [0.15, 0.2) is 5.78 Å². The number of benzene rings is 2. The molecule has 0 heterocycles. The van der Waals surface area contributed by atoms with Gasteiger partial charge in [-0.2, -0.15) is 0 Å². The molecule has 0 aliphatic rings. The van der Waals surface area contributed by atoms with E-state index in [4.69, 9.17) is 4.74 Å². The fourth-order valence-electron chi connectivity index (χ4n) is 2.25. The summed E-state index contributed by atoms with van der Waals surface area (Å²) in [5.41, 5.74) is 1.89. The van der Waals surface area contributed by atoms with Crippen LogP contribution in [0, 0.1) is 0 Å². The molecule has 0 radical (unpaired) electrons. The summed E-state index contributed by atoms with van der Waals surface area (Å²) in [5, 5.41) is 3.28. The lowest BCUT2D eigenvalue weighted by molar-refractivity contribution is 0.0948. The van der Waals surface area contributed by atoms with Gasteiger partial charge < -0.3 is 10.1 Å². The first-order valence-corrected chi connectivity index (χ1v) is 7.17. The Morgan fingerprint density at radius 1 is 1.10 bits per heavy atom. The minimum atomic E-state index is -0.231. The molecule has 0 saturated carbocycles. The number of ketones is 1. The Morgan fingerprint density at radius 2 is 1.76 bits per heavy atom. The first-order valence-electron chi connectivity index (χ1n) is 7.17. The van der Waals surface area contributed by atoms with Crippen molar-refractivity contribution < 1.29 is 9.53 Å². The molecule has 21 heavy (non-hydrogen) atoms. The highest BCUT2D eigenvalue weighted by atomic mass is 16.5. The van der Waals surface area contributed by atoms with Crippen LogP contribution in [0.1, 0.15) is 22.8 Å². The Bertz CT molecular complexity index is 581. The van der Waals surface area contributed by atoms with Gasteiger partial charge in [0.1, 0.15) is 5.75 Å². The molecule has 0 fully saturated rings. The minimum absolute atomic E-state index is 0.0560. The summed E-state index contributed by atoms with van der Waals surface area (Å²) >= 11 is 0. The van der Waals surface area contributed by atoms with Crippen LogP contribution < -0.4 is 10.1 Å². The summed E-state index contributed by atoms with van der Waals surface area (Å²) in [4.78, 5) is 12.4. The van der Waals surface area contributed by atoms with Gasteiger partial charge in [0, 0.05) is 0 Å². The van der Waals surface area contributed by atoms with Gasteiger partial charge in [-0.1, -0.05) is 42.5 Å². The van der Waals surface area contributed by atoms with Gasteiger partial charge >= 0.3 is 0 Å². The van der Waals surface area contributed by atoms with Crippen LogP contribution in [0.25, 0.3) is 0 Å². The number of hydrogen-bond donors (Lipinski definition) is 1. The number of hydrogen-bond acceptors (Lipinski definition) is 3. The van der Waals surface area contributed by atoms with Crippen molar-refractivity contribution in [2.45, 2.75) is 19.4 Å². The highest BCUT2D eigenvalue weighted by Gasteiger charge is 2.17. The molecule has 0 aliphatic heterocycles. The van der Waals surface area contributed by atoms with Crippen LogP contribution in [0.5, 0.6) is 5.75 Å². The molecule has 3 heteroatoms. The van der Waals surface area contributed by atoms with Gasteiger partial charge in [-0.05, 0) is 37.6 Å². The molecule has 0 saturated heterocycles. The molecule has 1 N–H and O–H groups in total. The molecule has 3 nitrogen and oxygen atoms in total. The average Bonchev–Trinajstić information content (AvgIpc) is 2.55. The van der Waals surface area contributed by atoms with E-state index in [9.17, 15) is 4.79 Å². The Kier molecular flexibility index (Phi) is 5.52. The van der Waals surface area contributed by atoms with Crippen molar-refractivity contribution in [2.24, 2.45) is 0 Å². The van der Waals surface area contributed by atoms with Crippen LogP contribution in [0.4, 0.5) is 0 Å². The second kappa shape index (κ2) is 7.60. The van der Waals surface area contributed by atoms with E-state index in [2.05, 4.69) is 17.4 Å². The molecule has 1 atom stereocenters. The van der Waals surface area contributed by atoms with Crippen LogP contribution in [0.15, 0.2) is 54.6 Å². The SMILES string of the molecule is COc1ccccc1C(=O)C(C)NCCc1ccccc1. The van der Waals surface area contributed by atoms with Crippen LogP contribution in [-0.2, 0) is 6.42 Å². The second-order valence-electron chi connectivity index (χ2n) is 4.98. The zero-order valence-corrected chi connectivity index (χ0v) is 12.5. The van der Waals surface area contributed by atoms with E-state index in [0.29, 0.717) is 11.3 Å². The van der Waals surface area contributed by atoms with Gasteiger partial charge in [-0.15, -0.1) is 0 Å². The Morgan fingerprint density at radius 3 is 2.48 bits per heavy atom. The Balaban J connectivity index is 1.91. The van der Waals surface area contributed by atoms with E-state index < -0.39 is 0 Å². The van der Waals surface area contributed by atoms with Crippen LogP contribution in [-0.4, -0.2) is 25.5 Å². The maximum Gasteiger partial charge on any atom is 0.183 e. The van der Waals surface area contributed by atoms with Crippen molar-refractivity contribution in [3.05, 3.63) is 65.7 Å². The predicted octanol–water partition coefficient (Wildman–Crippen LogP) is 3.10. The van der Waals surface area contributed by atoms with Crippen molar-refractivity contribution in [3.63, 3.8) is 0 Å². The summed E-state index contributed by atoms with van der Waals surface area (Å²) in [6.07, 6.45) is 0.907. The normalized spacial score (nSPS) is 11.9. The quantitative estimate of drug-likeness (QED) is 0.794.